The average Bonchev–Trinajstić information content (AvgIpc) is 3.17. The molecule has 0 saturated carbocycles. The molecule has 38 heavy (non-hydrogen) atoms. The summed E-state index contributed by atoms with van der Waals surface area (Å²) in [5.41, 5.74) is 1.73. The first-order valence-electron chi connectivity index (χ1n) is 12.2. The maximum Gasteiger partial charge on any atom is 0.307 e. The number of aliphatic hydroxyl groups is 1. The van der Waals surface area contributed by atoms with Crippen molar-refractivity contribution in [1.29, 1.82) is 0 Å². The number of rotatable bonds is 9. The quantitative estimate of drug-likeness (QED) is 0.235. The summed E-state index contributed by atoms with van der Waals surface area (Å²) in [4.78, 5) is 39.2. The Bertz CT molecular complexity index is 1370. The van der Waals surface area contributed by atoms with Crippen molar-refractivity contribution >= 4 is 29.1 Å². The lowest BCUT2D eigenvalue weighted by atomic mass is 9.94. The average molecular weight is 516 g/mol. The zero-order valence-corrected chi connectivity index (χ0v) is 21.4. The topological polar surface area (TPSA) is 113 Å². The van der Waals surface area contributed by atoms with Gasteiger partial charge in [-0.05, 0) is 53.9 Å². The van der Waals surface area contributed by atoms with E-state index in [1.165, 1.54) is 12.0 Å². The minimum absolute atomic E-state index is 0.0787. The predicted octanol–water partition coefficient (Wildman–Crippen LogP) is 4.98. The number of carbonyl (C=O) groups excluding carboxylic acids is 2. The minimum atomic E-state index is -0.979. The number of carboxylic acids is 1. The van der Waals surface area contributed by atoms with Crippen LogP contribution in [-0.4, -0.2) is 41.6 Å². The molecule has 1 aliphatic rings. The van der Waals surface area contributed by atoms with Gasteiger partial charge in [-0.2, -0.15) is 0 Å². The maximum atomic E-state index is 13.4. The van der Waals surface area contributed by atoms with Crippen molar-refractivity contribution in [3.8, 4) is 11.5 Å². The molecule has 0 aliphatic carbocycles. The first-order valence-corrected chi connectivity index (χ1v) is 12.2. The van der Waals surface area contributed by atoms with E-state index < -0.39 is 23.7 Å². The van der Waals surface area contributed by atoms with Gasteiger partial charge in [0.05, 0.1) is 31.8 Å². The monoisotopic (exact) mass is 515 g/mol. The number of nitrogens with zero attached hydrogens (tertiary/aromatic N) is 1. The van der Waals surface area contributed by atoms with Gasteiger partial charge in [-0.1, -0.05) is 44.2 Å². The van der Waals surface area contributed by atoms with Crippen molar-refractivity contribution in [3.63, 3.8) is 0 Å². The van der Waals surface area contributed by atoms with Crippen LogP contribution in [0.3, 0.4) is 0 Å². The molecule has 0 bridgehead atoms. The molecule has 8 heteroatoms. The van der Waals surface area contributed by atoms with Crippen LogP contribution in [0, 0.1) is 5.92 Å². The largest absolute Gasteiger partial charge is 0.507 e. The summed E-state index contributed by atoms with van der Waals surface area (Å²) in [6.45, 7) is 4.61. The Morgan fingerprint density at radius 2 is 1.61 bits per heavy atom. The van der Waals surface area contributed by atoms with Crippen molar-refractivity contribution in [2.45, 2.75) is 26.3 Å². The molecule has 1 saturated heterocycles. The molecule has 3 aromatic rings. The Kier molecular flexibility index (Phi) is 7.81. The number of anilines is 1. The molecule has 1 atom stereocenters. The third-order valence-electron chi connectivity index (χ3n) is 6.16. The SMILES string of the molecule is COc1ccccc1C1/C(=C(/O)c2ccc(OCC(C)C)cc2)C(=O)C(=O)N1c1ccc(CC(=O)O)cc1. The number of Topliss-reactive ketones (excluding diaryl/α,β-unsaturated/α-hetero) is 1. The van der Waals surface area contributed by atoms with Crippen LogP contribution in [0.4, 0.5) is 5.69 Å². The molecule has 3 aromatic carbocycles. The smallest absolute Gasteiger partial charge is 0.307 e. The Labute approximate surface area is 220 Å². The van der Waals surface area contributed by atoms with Crippen LogP contribution in [0.2, 0.25) is 0 Å². The third-order valence-corrected chi connectivity index (χ3v) is 6.16. The van der Waals surface area contributed by atoms with Crippen LogP contribution in [-0.2, 0) is 20.8 Å². The molecular weight excluding hydrogens is 486 g/mol. The van der Waals surface area contributed by atoms with Gasteiger partial charge in [0.15, 0.2) is 0 Å². The molecule has 1 fully saturated rings. The Morgan fingerprint density at radius 1 is 0.947 bits per heavy atom. The highest BCUT2D eigenvalue weighted by molar-refractivity contribution is 6.51. The lowest BCUT2D eigenvalue weighted by Gasteiger charge is -2.26. The van der Waals surface area contributed by atoms with Gasteiger partial charge in [0, 0.05) is 16.8 Å². The summed E-state index contributed by atoms with van der Waals surface area (Å²) in [5.74, 6) is -1.54. The first-order chi connectivity index (χ1) is 18.2. The number of amides is 1. The van der Waals surface area contributed by atoms with E-state index in [1.54, 1.807) is 72.8 Å². The van der Waals surface area contributed by atoms with Gasteiger partial charge in [-0.25, -0.2) is 0 Å². The second kappa shape index (κ2) is 11.2. The zero-order chi connectivity index (χ0) is 27.4. The van der Waals surface area contributed by atoms with Gasteiger partial charge in [-0.3, -0.25) is 19.3 Å². The van der Waals surface area contributed by atoms with Gasteiger partial charge < -0.3 is 19.7 Å². The van der Waals surface area contributed by atoms with Crippen molar-refractivity contribution < 1.29 is 34.1 Å². The van der Waals surface area contributed by atoms with Crippen LogP contribution in [0.15, 0.2) is 78.4 Å². The fourth-order valence-electron chi connectivity index (χ4n) is 4.36. The molecule has 1 amide bonds. The number of carbonyl (C=O) groups is 3. The van der Waals surface area contributed by atoms with E-state index in [9.17, 15) is 19.5 Å². The number of carboxylic acid groups (broad SMARTS) is 1. The van der Waals surface area contributed by atoms with Crippen LogP contribution in [0.1, 0.15) is 36.6 Å². The molecule has 1 heterocycles. The van der Waals surface area contributed by atoms with E-state index in [-0.39, 0.29) is 17.8 Å². The normalized spacial score (nSPS) is 16.6. The molecule has 1 unspecified atom stereocenters. The zero-order valence-electron chi connectivity index (χ0n) is 21.4. The molecule has 196 valence electrons. The van der Waals surface area contributed by atoms with Gasteiger partial charge >= 0.3 is 5.97 Å². The summed E-state index contributed by atoms with van der Waals surface area (Å²) < 4.78 is 11.3. The van der Waals surface area contributed by atoms with Gasteiger partial charge in [0.25, 0.3) is 11.7 Å². The van der Waals surface area contributed by atoms with Gasteiger partial charge in [0.1, 0.15) is 17.3 Å². The number of methoxy groups -OCH3 is 1. The number of para-hydroxylation sites is 1. The summed E-state index contributed by atoms with van der Waals surface area (Å²) in [7, 11) is 1.49. The number of hydrogen-bond donors (Lipinski definition) is 2. The molecule has 0 radical (unpaired) electrons. The Morgan fingerprint density at radius 3 is 2.21 bits per heavy atom. The number of aliphatic hydroxyl groups excluding tert-OH is 1. The molecule has 8 nitrogen and oxygen atoms in total. The van der Waals surface area contributed by atoms with Crippen molar-refractivity contribution in [3.05, 3.63) is 95.1 Å². The fraction of sp³-hybridized carbons (Fsp3) is 0.233. The van der Waals surface area contributed by atoms with Gasteiger partial charge in [0.2, 0.25) is 0 Å². The number of hydrogen-bond acceptors (Lipinski definition) is 6. The Hall–Kier alpha value is -4.59. The fourth-order valence-corrected chi connectivity index (χ4v) is 4.36. The standard InChI is InChI=1S/C30H29NO7/c1-18(2)17-38-22-14-10-20(11-15-22)28(34)26-27(23-6-4-5-7-24(23)37-3)31(30(36)29(26)35)21-12-8-19(9-13-21)16-25(32)33/h4-15,18,27,34H,16-17H2,1-3H3,(H,32,33)/b28-26-. The summed E-state index contributed by atoms with van der Waals surface area (Å²) in [5, 5.41) is 20.4. The van der Waals surface area contributed by atoms with Crippen molar-refractivity contribution in [1.82, 2.24) is 0 Å². The molecule has 4 rings (SSSR count). The molecular formula is C30H29NO7. The second-order valence-corrected chi connectivity index (χ2v) is 9.38. The highest BCUT2D eigenvalue weighted by Crippen LogP contribution is 2.45. The summed E-state index contributed by atoms with van der Waals surface area (Å²) in [6.07, 6.45) is -0.175. The number of benzene rings is 3. The van der Waals surface area contributed by atoms with E-state index in [2.05, 4.69) is 0 Å². The third kappa shape index (κ3) is 5.39. The minimum Gasteiger partial charge on any atom is -0.507 e. The van der Waals surface area contributed by atoms with E-state index in [4.69, 9.17) is 14.6 Å². The van der Waals surface area contributed by atoms with Crippen molar-refractivity contribution in [2.24, 2.45) is 5.92 Å². The van der Waals surface area contributed by atoms with Crippen LogP contribution < -0.4 is 14.4 Å². The first kappa shape index (κ1) is 26.5. The van der Waals surface area contributed by atoms with Crippen LogP contribution in [0.25, 0.3) is 5.76 Å². The van der Waals surface area contributed by atoms with Crippen LogP contribution >= 0.6 is 0 Å². The van der Waals surface area contributed by atoms with E-state index >= 15 is 0 Å². The molecule has 0 spiro atoms. The predicted molar refractivity (Wildman–Crippen MR) is 142 cm³/mol. The molecule has 0 aromatic heterocycles. The van der Waals surface area contributed by atoms with E-state index in [0.717, 1.165) is 0 Å². The maximum absolute atomic E-state index is 13.4. The lowest BCUT2D eigenvalue weighted by molar-refractivity contribution is -0.136. The number of aliphatic carboxylic acids is 1. The number of ketones is 1. The number of ether oxygens (including phenoxy) is 2. The highest BCUT2D eigenvalue weighted by atomic mass is 16.5. The molecule has 2 N–H and O–H groups in total. The van der Waals surface area contributed by atoms with Crippen molar-refractivity contribution in [2.75, 3.05) is 18.6 Å². The second-order valence-electron chi connectivity index (χ2n) is 9.38. The summed E-state index contributed by atoms with van der Waals surface area (Å²) >= 11 is 0. The highest BCUT2D eigenvalue weighted by Gasteiger charge is 2.47. The van der Waals surface area contributed by atoms with E-state index in [0.29, 0.717) is 46.4 Å². The van der Waals surface area contributed by atoms with Gasteiger partial charge in [-0.15, -0.1) is 0 Å². The van der Waals surface area contributed by atoms with Crippen LogP contribution in [0.5, 0.6) is 11.5 Å². The Balaban J connectivity index is 1.82. The summed E-state index contributed by atoms with van der Waals surface area (Å²) in [6, 6.07) is 19.0. The molecule has 1 aliphatic heterocycles. The lowest BCUT2D eigenvalue weighted by Crippen LogP contribution is -2.29. The van der Waals surface area contributed by atoms with E-state index in [1.807, 2.05) is 13.8 Å².